The normalized spacial score (nSPS) is 9.08. The van der Waals surface area contributed by atoms with E-state index in [1.165, 1.54) is 0 Å². The van der Waals surface area contributed by atoms with Gasteiger partial charge in [-0.25, -0.2) is 9.59 Å². The van der Waals surface area contributed by atoms with Crippen LogP contribution in [0.3, 0.4) is 0 Å². The van der Waals surface area contributed by atoms with Gasteiger partial charge >= 0.3 is 12.1 Å². The number of carboxylic acid groups (broad SMARTS) is 1. The van der Waals surface area contributed by atoms with Gasteiger partial charge in [-0.1, -0.05) is 0 Å². The van der Waals surface area contributed by atoms with E-state index in [4.69, 9.17) is 10.2 Å². The van der Waals surface area contributed by atoms with Gasteiger partial charge in [0, 0.05) is 13.2 Å². The lowest BCUT2D eigenvalue weighted by Gasteiger charge is -2.02. The van der Waals surface area contributed by atoms with E-state index in [0.29, 0.717) is 6.42 Å². The summed E-state index contributed by atoms with van der Waals surface area (Å²) in [6.45, 7) is -0.404. The second-order valence-corrected chi connectivity index (χ2v) is 1.97. The Morgan fingerprint density at radius 2 is 2.08 bits per heavy atom. The SMILES string of the molecule is O=C(O)COC(=O)NCCCO. The minimum absolute atomic E-state index is 0.0286. The van der Waals surface area contributed by atoms with Gasteiger partial charge in [-0.05, 0) is 6.42 Å². The third-order valence-corrected chi connectivity index (χ3v) is 0.931. The van der Waals surface area contributed by atoms with Gasteiger partial charge in [-0.3, -0.25) is 0 Å². The maximum atomic E-state index is 10.5. The molecule has 1 amide bonds. The molecule has 0 rings (SSSR count). The highest BCUT2D eigenvalue weighted by Gasteiger charge is 2.03. The average molecular weight is 177 g/mol. The van der Waals surface area contributed by atoms with Gasteiger partial charge in [0.05, 0.1) is 0 Å². The van der Waals surface area contributed by atoms with Gasteiger partial charge in [-0.2, -0.15) is 0 Å². The van der Waals surface area contributed by atoms with Crippen molar-refractivity contribution in [3.63, 3.8) is 0 Å². The predicted octanol–water partition coefficient (Wildman–Crippen LogP) is -0.820. The Bertz CT molecular complexity index is 158. The minimum Gasteiger partial charge on any atom is -0.479 e. The van der Waals surface area contributed by atoms with Crippen LogP contribution in [0.15, 0.2) is 0 Å². The predicted molar refractivity (Wildman–Crippen MR) is 38.7 cm³/mol. The molecular formula is C6H11NO5. The van der Waals surface area contributed by atoms with E-state index in [-0.39, 0.29) is 13.2 Å². The highest BCUT2D eigenvalue weighted by molar-refractivity contribution is 5.73. The highest BCUT2D eigenvalue weighted by Crippen LogP contribution is 1.79. The monoisotopic (exact) mass is 177 g/mol. The molecule has 0 spiro atoms. The smallest absolute Gasteiger partial charge is 0.407 e. The van der Waals surface area contributed by atoms with Crippen molar-refractivity contribution in [1.29, 1.82) is 0 Å². The van der Waals surface area contributed by atoms with E-state index >= 15 is 0 Å². The molecule has 0 aliphatic rings. The molecule has 6 nitrogen and oxygen atoms in total. The van der Waals surface area contributed by atoms with E-state index in [1.54, 1.807) is 0 Å². The van der Waals surface area contributed by atoms with Gasteiger partial charge in [0.2, 0.25) is 0 Å². The van der Waals surface area contributed by atoms with E-state index < -0.39 is 18.7 Å². The van der Waals surface area contributed by atoms with Crippen molar-refractivity contribution in [2.24, 2.45) is 0 Å². The van der Waals surface area contributed by atoms with Crippen molar-refractivity contribution in [3.8, 4) is 0 Å². The molecule has 0 aromatic heterocycles. The number of aliphatic carboxylic acids is 1. The summed E-state index contributed by atoms with van der Waals surface area (Å²) in [6, 6.07) is 0. The van der Waals surface area contributed by atoms with E-state index in [0.717, 1.165) is 0 Å². The first-order valence-corrected chi connectivity index (χ1v) is 3.40. The topological polar surface area (TPSA) is 95.9 Å². The number of aliphatic hydroxyl groups is 1. The number of aliphatic hydroxyl groups excluding tert-OH is 1. The maximum absolute atomic E-state index is 10.5. The number of amides is 1. The summed E-state index contributed by atoms with van der Waals surface area (Å²) in [5.41, 5.74) is 0. The number of carbonyl (C=O) groups excluding carboxylic acids is 1. The number of rotatable bonds is 5. The quantitative estimate of drug-likeness (QED) is 0.477. The fourth-order valence-electron chi connectivity index (χ4n) is 0.448. The second-order valence-electron chi connectivity index (χ2n) is 1.97. The molecule has 70 valence electrons. The third kappa shape index (κ3) is 6.81. The average Bonchev–Trinajstić information content (AvgIpc) is 2.01. The first-order chi connectivity index (χ1) is 5.66. The van der Waals surface area contributed by atoms with Crippen LogP contribution in [-0.2, 0) is 9.53 Å². The Kier molecular flexibility index (Phi) is 5.72. The Morgan fingerprint density at radius 3 is 2.58 bits per heavy atom. The molecule has 3 N–H and O–H groups in total. The van der Waals surface area contributed by atoms with E-state index in [2.05, 4.69) is 10.1 Å². The summed E-state index contributed by atoms with van der Waals surface area (Å²) >= 11 is 0. The number of hydrogen-bond donors (Lipinski definition) is 3. The van der Waals surface area contributed by atoms with Crippen LogP contribution in [-0.4, -0.2) is 42.0 Å². The number of hydrogen-bond acceptors (Lipinski definition) is 4. The molecule has 0 bridgehead atoms. The standard InChI is InChI=1S/C6H11NO5/c8-3-1-2-7-6(11)12-4-5(9)10/h8H,1-4H2,(H,7,11)(H,9,10). The second kappa shape index (κ2) is 6.41. The largest absolute Gasteiger partial charge is 0.479 e. The minimum atomic E-state index is -1.20. The van der Waals surface area contributed by atoms with Gasteiger partial charge in [0.25, 0.3) is 0 Å². The van der Waals surface area contributed by atoms with Crippen LogP contribution in [0.1, 0.15) is 6.42 Å². The molecule has 0 atom stereocenters. The molecule has 0 aliphatic heterocycles. The molecule has 6 heteroatoms. The zero-order valence-electron chi connectivity index (χ0n) is 6.45. The summed E-state index contributed by atoms with van der Waals surface area (Å²) in [7, 11) is 0. The molecule has 0 radical (unpaired) electrons. The summed E-state index contributed by atoms with van der Waals surface area (Å²) < 4.78 is 4.22. The molecular weight excluding hydrogens is 166 g/mol. The lowest BCUT2D eigenvalue weighted by atomic mass is 10.5. The number of carboxylic acids is 1. The summed E-state index contributed by atoms with van der Waals surface area (Å²) in [5, 5.41) is 18.7. The number of alkyl carbamates (subject to hydrolysis) is 1. The summed E-state index contributed by atoms with van der Waals surface area (Å²) in [6.07, 6.45) is -0.367. The maximum Gasteiger partial charge on any atom is 0.407 e. The van der Waals surface area contributed by atoms with Crippen LogP contribution in [0.25, 0.3) is 0 Å². The van der Waals surface area contributed by atoms with Gasteiger partial charge in [0.15, 0.2) is 6.61 Å². The Labute approximate surface area is 69.1 Å². The Balaban J connectivity index is 3.28. The van der Waals surface area contributed by atoms with E-state index in [9.17, 15) is 9.59 Å². The lowest BCUT2D eigenvalue weighted by Crippen LogP contribution is -2.27. The number of ether oxygens (including phenoxy) is 1. The number of nitrogens with one attached hydrogen (secondary N) is 1. The first-order valence-electron chi connectivity index (χ1n) is 3.40. The molecule has 0 aromatic rings. The fraction of sp³-hybridized carbons (Fsp3) is 0.667. The molecule has 0 unspecified atom stereocenters. The third-order valence-electron chi connectivity index (χ3n) is 0.931. The summed E-state index contributed by atoms with van der Waals surface area (Å²) in [4.78, 5) is 20.4. The van der Waals surface area contributed by atoms with Gasteiger partial charge in [-0.15, -0.1) is 0 Å². The molecule has 0 fully saturated rings. The molecule has 12 heavy (non-hydrogen) atoms. The van der Waals surface area contributed by atoms with Crippen LogP contribution >= 0.6 is 0 Å². The van der Waals surface area contributed by atoms with Crippen LogP contribution in [0.4, 0.5) is 4.79 Å². The van der Waals surface area contributed by atoms with Crippen molar-refractivity contribution in [2.45, 2.75) is 6.42 Å². The van der Waals surface area contributed by atoms with Crippen LogP contribution in [0.2, 0.25) is 0 Å². The highest BCUT2D eigenvalue weighted by atomic mass is 16.6. The first kappa shape index (κ1) is 10.7. The van der Waals surface area contributed by atoms with Crippen molar-refractivity contribution in [1.82, 2.24) is 5.32 Å². The van der Waals surface area contributed by atoms with Crippen LogP contribution in [0.5, 0.6) is 0 Å². The molecule has 0 aromatic carbocycles. The van der Waals surface area contributed by atoms with Crippen LogP contribution < -0.4 is 5.32 Å². The van der Waals surface area contributed by atoms with Crippen molar-refractivity contribution in [2.75, 3.05) is 19.8 Å². The molecule has 0 saturated carbocycles. The lowest BCUT2D eigenvalue weighted by molar-refractivity contribution is -0.140. The summed E-state index contributed by atoms with van der Waals surface area (Å²) in [5.74, 6) is -1.20. The van der Waals surface area contributed by atoms with Crippen molar-refractivity contribution in [3.05, 3.63) is 0 Å². The van der Waals surface area contributed by atoms with Gasteiger partial charge in [0.1, 0.15) is 0 Å². The Hall–Kier alpha value is -1.30. The molecule has 0 saturated heterocycles. The zero-order valence-corrected chi connectivity index (χ0v) is 6.45. The van der Waals surface area contributed by atoms with Crippen LogP contribution in [0, 0.1) is 0 Å². The van der Waals surface area contributed by atoms with Gasteiger partial charge < -0.3 is 20.3 Å². The molecule has 0 heterocycles. The number of carbonyl (C=O) groups is 2. The van der Waals surface area contributed by atoms with Crippen molar-refractivity contribution < 1.29 is 24.5 Å². The fourth-order valence-corrected chi connectivity index (χ4v) is 0.448. The zero-order chi connectivity index (χ0) is 9.40. The molecule has 0 aliphatic carbocycles. The van der Waals surface area contributed by atoms with Crippen molar-refractivity contribution >= 4 is 12.1 Å². The Morgan fingerprint density at radius 1 is 1.42 bits per heavy atom. The van der Waals surface area contributed by atoms with E-state index in [1.807, 2.05) is 0 Å².